The number of nitrogens with one attached hydrogen (secondary N) is 1. The molecule has 2 aromatic heterocycles. The summed E-state index contributed by atoms with van der Waals surface area (Å²) in [7, 11) is 0. The molecule has 3 heterocycles. The van der Waals surface area contributed by atoms with Crippen molar-refractivity contribution in [2.45, 2.75) is 63.5 Å². The SMILES string of the molecule is O=C(N[C@@H](C=C1CCC(c2ccccc2CN2CCCC2=O)CC1)Cc1ccc(Cl)cc1)c1cc(=O)c2cc(-n3ccnc3)ccc2o1. The third kappa shape index (κ3) is 7.14. The van der Waals surface area contributed by atoms with Gasteiger partial charge < -0.3 is 19.2 Å². The first-order valence-corrected chi connectivity index (χ1v) is 16.9. The van der Waals surface area contributed by atoms with Gasteiger partial charge in [-0.3, -0.25) is 14.4 Å². The Balaban J connectivity index is 1.08. The topological polar surface area (TPSA) is 97.4 Å². The van der Waals surface area contributed by atoms with Crippen LogP contribution in [0.1, 0.15) is 71.7 Å². The maximum absolute atomic E-state index is 13.6. The summed E-state index contributed by atoms with van der Waals surface area (Å²) < 4.78 is 7.77. The molecule has 1 atom stereocenters. The normalized spacial score (nSPS) is 17.1. The van der Waals surface area contributed by atoms with Gasteiger partial charge in [-0.1, -0.05) is 59.6 Å². The van der Waals surface area contributed by atoms with Crippen molar-refractivity contribution in [1.29, 1.82) is 0 Å². The molecule has 1 aliphatic heterocycles. The van der Waals surface area contributed by atoms with Gasteiger partial charge in [-0.2, -0.15) is 0 Å². The number of carbonyl (C=O) groups is 2. The number of carbonyl (C=O) groups excluding carboxylic acids is 2. The summed E-state index contributed by atoms with van der Waals surface area (Å²) in [5.74, 6) is 0.193. The maximum Gasteiger partial charge on any atom is 0.287 e. The number of hydrogen-bond acceptors (Lipinski definition) is 5. The van der Waals surface area contributed by atoms with Gasteiger partial charge in [-0.25, -0.2) is 4.98 Å². The monoisotopic (exact) mass is 660 g/mol. The van der Waals surface area contributed by atoms with Crippen LogP contribution < -0.4 is 10.7 Å². The first-order chi connectivity index (χ1) is 23.4. The summed E-state index contributed by atoms with van der Waals surface area (Å²) in [6.45, 7) is 1.52. The number of likely N-dealkylation sites (tertiary alicyclic amines) is 1. The minimum Gasteiger partial charge on any atom is -0.451 e. The molecular weight excluding hydrogens is 624 g/mol. The van der Waals surface area contributed by atoms with Crippen molar-refractivity contribution in [2.75, 3.05) is 6.54 Å². The minimum absolute atomic E-state index is 0.0285. The van der Waals surface area contributed by atoms with Gasteiger partial charge in [0, 0.05) is 48.7 Å². The number of fused-ring (bicyclic) bond motifs is 1. The van der Waals surface area contributed by atoms with Crippen molar-refractivity contribution in [1.82, 2.24) is 19.8 Å². The minimum atomic E-state index is -0.442. The van der Waals surface area contributed by atoms with Gasteiger partial charge in [0.2, 0.25) is 5.91 Å². The lowest BCUT2D eigenvalue weighted by molar-refractivity contribution is -0.128. The lowest BCUT2D eigenvalue weighted by atomic mass is 9.79. The molecule has 0 unspecified atom stereocenters. The fraction of sp³-hybridized carbons (Fsp3) is 0.282. The molecule has 2 amide bonds. The molecule has 1 saturated carbocycles. The molecule has 0 radical (unpaired) electrons. The number of halogens is 1. The smallest absolute Gasteiger partial charge is 0.287 e. The van der Waals surface area contributed by atoms with Crippen molar-refractivity contribution < 1.29 is 14.0 Å². The molecule has 0 spiro atoms. The van der Waals surface area contributed by atoms with Crippen molar-refractivity contribution in [3.8, 4) is 5.69 Å². The molecule has 9 heteroatoms. The van der Waals surface area contributed by atoms with E-state index in [9.17, 15) is 14.4 Å². The Morgan fingerprint density at radius 1 is 1.02 bits per heavy atom. The Morgan fingerprint density at radius 2 is 1.83 bits per heavy atom. The Hall–Kier alpha value is -4.95. The van der Waals surface area contributed by atoms with E-state index in [1.165, 1.54) is 22.8 Å². The fourth-order valence-electron chi connectivity index (χ4n) is 7.00. The summed E-state index contributed by atoms with van der Waals surface area (Å²) in [5.41, 5.74) is 5.75. The van der Waals surface area contributed by atoms with Crippen molar-refractivity contribution in [2.24, 2.45) is 0 Å². The maximum atomic E-state index is 13.6. The van der Waals surface area contributed by atoms with Crippen molar-refractivity contribution in [3.63, 3.8) is 0 Å². The lowest BCUT2D eigenvalue weighted by Crippen LogP contribution is -2.36. The van der Waals surface area contributed by atoms with Gasteiger partial charge in [0.1, 0.15) is 5.58 Å². The second kappa shape index (κ2) is 14.0. The molecule has 2 aliphatic rings. The molecule has 5 aromatic rings. The van der Waals surface area contributed by atoms with E-state index in [0.717, 1.165) is 49.9 Å². The molecule has 7 rings (SSSR count). The predicted octanol–water partition coefficient (Wildman–Crippen LogP) is 7.38. The van der Waals surface area contributed by atoms with Gasteiger partial charge in [-0.15, -0.1) is 0 Å². The molecular formula is C39H37ClN4O4. The van der Waals surface area contributed by atoms with E-state index in [-0.39, 0.29) is 23.1 Å². The third-order valence-electron chi connectivity index (χ3n) is 9.51. The van der Waals surface area contributed by atoms with Crippen LogP contribution in [0, 0.1) is 0 Å². The number of aromatic nitrogens is 2. The number of amides is 2. The number of nitrogens with zero attached hydrogens (tertiary/aromatic N) is 3. The molecule has 1 N–H and O–H groups in total. The van der Waals surface area contributed by atoms with E-state index in [2.05, 4.69) is 40.6 Å². The van der Waals surface area contributed by atoms with E-state index < -0.39 is 5.91 Å². The zero-order chi connectivity index (χ0) is 33.0. The summed E-state index contributed by atoms with van der Waals surface area (Å²) in [6.07, 6.45) is 13.3. The standard InChI is InChI=1S/C39H37ClN4O4/c40-30-13-9-27(10-14-30)21-31(42-39(47)37-23-35(45)34-22-32(15-16-36(34)48-37)44-19-17-41-25-44)20-26-7-11-28(12-8-26)33-5-2-1-4-29(33)24-43-18-3-6-38(43)46/h1-2,4-5,9-10,13-17,19-20,22-23,25,28,31H,3,6-8,11-12,18,21,24H2,(H,42,47)/t28?,31-/m0/s1. The highest BCUT2D eigenvalue weighted by Crippen LogP contribution is 2.37. The lowest BCUT2D eigenvalue weighted by Gasteiger charge is -2.28. The van der Waals surface area contributed by atoms with Crippen LogP contribution in [0.3, 0.4) is 0 Å². The summed E-state index contributed by atoms with van der Waals surface area (Å²) >= 11 is 6.15. The van der Waals surface area contributed by atoms with Crippen LogP contribution in [-0.2, 0) is 17.8 Å². The number of benzene rings is 3. The van der Waals surface area contributed by atoms with E-state index in [4.69, 9.17) is 16.0 Å². The van der Waals surface area contributed by atoms with Crippen LogP contribution in [0.4, 0.5) is 0 Å². The van der Waals surface area contributed by atoms with E-state index in [1.807, 2.05) is 35.2 Å². The van der Waals surface area contributed by atoms with Gasteiger partial charge >= 0.3 is 0 Å². The van der Waals surface area contributed by atoms with Crippen LogP contribution in [0.25, 0.3) is 16.7 Å². The molecule has 2 fully saturated rings. The van der Waals surface area contributed by atoms with Crippen LogP contribution in [-0.4, -0.2) is 38.9 Å². The highest BCUT2D eigenvalue weighted by molar-refractivity contribution is 6.30. The number of rotatable bonds is 9. The molecule has 244 valence electrons. The van der Waals surface area contributed by atoms with Gasteiger partial charge in [-0.05, 0) is 91.5 Å². The Morgan fingerprint density at radius 3 is 2.58 bits per heavy atom. The average Bonchev–Trinajstić information content (AvgIpc) is 3.79. The Bertz CT molecular complexity index is 2020. The third-order valence-corrected chi connectivity index (χ3v) is 9.77. The summed E-state index contributed by atoms with van der Waals surface area (Å²) in [6, 6.07) is 22.4. The van der Waals surface area contributed by atoms with Crippen molar-refractivity contribution >= 4 is 34.4 Å². The van der Waals surface area contributed by atoms with Gasteiger partial charge in [0.15, 0.2) is 11.2 Å². The van der Waals surface area contributed by atoms with E-state index in [0.29, 0.717) is 41.3 Å². The number of hydrogen-bond donors (Lipinski definition) is 1. The molecule has 0 bridgehead atoms. The van der Waals surface area contributed by atoms with Crippen LogP contribution >= 0.6 is 11.6 Å². The molecule has 1 aliphatic carbocycles. The van der Waals surface area contributed by atoms with Crippen LogP contribution in [0.5, 0.6) is 0 Å². The van der Waals surface area contributed by atoms with Crippen molar-refractivity contribution in [3.05, 3.63) is 141 Å². The summed E-state index contributed by atoms with van der Waals surface area (Å²) in [4.78, 5) is 45.1. The van der Waals surface area contributed by atoms with Crippen LogP contribution in [0.2, 0.25) is 5.02 Å². The average molecular weight is 661 g/mol. The summed E-state index contributed by atoms with van der Waals surface area (Å²) in [5, 5.41) is 4.18. The number of imidazole rings is 1. The fourth-order valence-corrected chi connectivity index (χ4v) is 7.12. The Labute approximate surface area is 284 Å². The molecule has 3 aromatic carbocycles. The second-order valence-corrected chi connectivity index (χ2v) is 13.2. The van der Waals surface area contributed by atoms with E-state index in [1.54, 1.807) is 35.4 Å². The molecule has 8 nitrogen and oxygen atoms in total. The zero-order valence-electron chi connectivity index (χ0n) is 26.6. The molecule has 1 saturated heterocycles. The first-order valence-electron chi connectivity index (χ1n) is 16.6. The first kappa shape index (κ1) is 31.6. The van der Waals surface area contributed by atoms with Gasteiger partial charge in [0.25, 0.3) is 5.91 Å². The molecule has 48 heavy (non-hydrogen) atoms. The van der Waals surface area contributed by atoms with Crippen LogP contribution in [0.15, 0.2) is 112 Å². The Kier molecular flexibility index (Phi) is 9.25. The largest absolute Gasteiger partial charge is 0.451 e. The van der Waals surface area contributed by atoms with E-state index >= 15 is 0 Å². The number of allylic oxidation sites excluding steroid dienone is 1. The zero-order valence-corrected chi connectivity index (χ0v) is 27.4. The quantitative estimate of drug-likeness (QED) is 0.166. The highest BCUT2D eigenvalue weighted by Gasteiger charge is 2.25. The van der Waals surface area contributed by atoms with Gasteiger partial charge in [0.05, 0.1) is 17.8 Å². The predicted molar refractivity (Wildman–Crippen MR) is 186 cm³/mol. The highest BCUT2D eigenvalue weighted by atomic mass is 35.5. The second-order valence-electron chi connectivity index (χ2n) is 12.8.